The summed E-state index contributed by atoms with van der Waals surface area (Å²) in [6, 6.07) is 0. The number of rotatable bonds is 21. The van der Waals surface area contributed by atoms with Crippen LogP contribution in [0.2, 0.25) is 0 Å². The summed E-state index contributed by atoms with van der Waals surface area (Å²) >= 11 is 0. The molecule has 0 saturated heterocycles. The molecule has 0 amide bonds. The Balaban J connectivity index is 1.41. The van der Waals surface area contributed by atoms with Gasteiger partial charge in [0.25, 0.3) is 0 Å². The van der Waals surface area contributed by atoms with Gasteiger partial charge >= 0.3 is 0 Å². The molecular formula is C40H62N6O2. The van der Waals surface area contributed by atoms with Gasteiger partial charge in [-0.2, -0.15) is 0 Å². The highest BCUT2D eigenvalue weighted by Crippen LogP contribution is 2.38. The van der Waals surface area contributed by atoms with Crippen LogP contribution in [0.5, 0.6) is 11.5 Å². The van der Waals surface area contributed by atoms with Crippen molar-refractivity contribution in [3.63, 3.8) is 0 Å². The Morgan fingerprint density at radius 2 is 0.896 bits per heavy atom. The summed E-state index contributed by atoms with van der Waals surface area (Å²) in [5.41, 5.74) is 5.23. The monoisotopic (exact) mass is 658 g/mol. The summed E-state index contributed by atoms with van der Waals surface area (Å²) in [5.74, 6) is -0.160. The number of nitrogens with zero attached hydrogens (tertiary/aromatic N) is 4. The lowest BCUT2D eigenvalue weighted by molar-refractivity contribution is 0.397. The number of anilines is 2. The molecule has 0 bridgehead atoms. The smallest absolute Gasteiger partial charge is 0.168 e. The lowest BCUT2D eigenvalue weighted by atomic mass is 9.90. The van der Waals surface area contributed by atoms with E-state index in [4.69, 9.17) is 20.0 Å². The first-order chi connectivity index (χ1) is 23.7. The number of phenols is 2. The predicted octanol–water partition coefficient (Wildman–Crippen LogP) is 7.25. The van der Waals surface area contributed by atoms with Crippen molar-refractivity contribution in [3.8, 4) is 22.6 Å². The summed E-state index contributed by atoms with van der Waals surface area (Å²) < 4.78 is 0. The van der Waals surface area contributed by atoms with Crippen LogP contribution < -0.4 is 32.1 Å². The van der Waals surface area contributed by atoms with E-state index in [0.717, 1.165) is 77.3 Å². The predicted molar refractivity (Wildman–Crippen MR) is 198 cm³/mol. The van der Waals surface area contributed by atoms with Crippen LogP contribution >= 0.6 is 0 Å². The Bertz CT molecular complexity index is 1600. The zero-order valence-electron chi connectivity index (χ0n) is 30.1. The number of fused-ring (bicyclic) bond motifs is 3. The molecule has 0 aliphatic carbocycles. The first kappa shape index (κ1) is 36.1. The lowest BCUT2D eigenvalue weighted by Gasteiger charge is -2.25. The fourth-order valence-corrected chi connectivity index (χ4v) is 7.75. The maximum Gasteiger partial charge on any atom is 0.168 e. The van der Waals surface area contributed by atoms with Crippen molar-refractivity contribution in [3.05, 3.63) is 32.6 Å². The molecule has 8 heteroatoms. The van der Waals surface area contributed by atoms with Crippen LogP contribution in [-0.2, 0) is 12.8 Å². The third-order valence-corrected chi connectivity index (χ3v) is 10.4. The van der Waals surface area contributed by atoms with E-state index in [-0.39, 0.29) is 11.5 Å². The van der Waals surface area contributed by atoms with Crippen molar-refractivity contribution in [2.24, 2.45) is 20.0 Å². The number of unbranched alkanes of at least 4 members (excludes halogenated alkanes) is 16. The average molecular weight is 659 g/mol. The van der Waals surface area contributed by atoms with Crippen LogP contribution in [0.15, 0.2) is 20.0 Å². The maximum atomic E-state index is 11.8. The maximum absolute atomic E-state index is 11.8. The molecule has 0 atom stereocenters. The number of hydrogen-bond acceptors (Lipinski definition) is 8. The van der Waals surface area contributed by atoms with Crippen LogP contribution in [0.4, 0.5) is 11.4 Å². The molecule has 5 rings (SSSR count). The van der Waals surface area contributed by atoms with Gasteiger partial charge in [0.05, 0.1) is 64.5 Å². The molecule has 3 heterocycles. The molecule has 8 nitrogen and oxygen atoms in total. The molecule has 2 aromatic carbocycles. The summed E-state index contributed by atoms with van der Waals surface area (Å²) in [6.45, 7) is 8.54. The lowest BCUT2D eigenvalue weighted by Crippen LogP contribution is -2.39. The first-order valence-corrected chi connectivity index (χ1v) is 19.7. The number of benzene rings is 2. The van der Waals surface area contributed by atoms with Crippen LogP contribution in [0.3, 0.4) is 0 Å². The molecular weight excluding hydrogens is 596 g/mol. The van der Waals surface area contributed by atoms with Crippen molar-refractivity contribution in [1.82, 2.24) is 0 Å². The minimum Gasteiger partial charge on any atom is -0.504 e. The standard InChI is InChI=1S/C40H62N6O2/c1-3-5-7-9-11-13-15-17-19-21-29-33-36(44-26-23-41-33)31(37-34(29)42-24-27-45-37)32-38-35(43-25-28-46-38)30(39(47)40(32)48)22-20-18-16-14-12-10-8-6-4-2/h41,45,47-48H,3-28H2,1-2H3. The summed E-state index contributed by atoms with van der Waals surface area (Å²) in [4.78, 5) is 20.0. The minimum absolute atomic E-state index is 0.0537. The average Bonchev–Trinajstić information content (AvgIpc) is 3.12. The van der Waals surface area contributed by atoms with E-state index in [2.05, 4.69) is 24.5 Å². The Morgan fingerprint density at radius 3 is 1.48 bits per heavy atom. The summed E-state index contributed by atoms with van der Waals surface area (Å²) in [6.07, 6.45) is 24.4. The Hall–Kier alpha value is -3.16. The van der Waals surface area contributed by atoms with E-state index >= 15 is 0 Å². The van der Waals surface area contributed by atoms with Crippen molar-refractivity contribution in [1.29, 1.82) is 0 Å². The second kappa shape index (κ2) is 19.1. The van der Waals surface area contributed by atoms with Crippen molar-refractivity contribution < 1.29 is 10.2 Å². The molecule has 0 saturated carbocycles. The molecule has 3 aliphatic rings. The van der Waals surface area contributed by atoms with Gasteiger partial charge in [-0.25, -0.2) is 0 Å². The molecule has 4 N–H and O–H groups in total. The summed E-state index contributed by atoms with van der Waals surface area (Å²) in [5, 5.41) is 34.0. The molecule has 0 unspecified atom stereocenters. The second-order valence-electron chi connectivity index (χ2n) is 14.1. The Kier molecular flexibility index (Phi) is 14.4. The fourth-order valence-electron chi connectivity index (χ4n) is 7.75. The Labute approximate surface area is 288 Å². The van der Waals surface area contributed by atoms with Crippen LogP contribution in [0.1, 0.15) is 141 Å². The number of nitrogens with one attached hydrogen (secondary N) is 2. The van der Waals surface area contributed by atoms with Crippen molar-refractivity contribution in [2.75, 3.05) is 49.9 Å². The Morgan fingerprint density at radius 1 is 0.438 bits per heavy atom. The van der Waals surface area contributed by atoms with Gasteiger partial charge in [-0.05, 0) is 25.7 Å². The number of aromatic hydroxyl groups is 2. The molecule has 2 aromatic rings. The first-order valence-electron chi connectivity index (χ1n) is 19.7. The van der Waals surface area contributed by atoms with Gasteiger partial charge in [0.1, 0.15) is 0 Å². The van der Waals surface area contributed by atoms with Gasteiger partial charge in [0.2, 0.25) is 0 Å². The van der Waals surface area contributed by atoms with Crippen LogP contribution in [0.25, 0.3) is 11.1 Å². The molecule has 3 aliphatic heterocycles. The largest absolute Gasteiger partial charge is 0.504 e. The van der Waals surface area contributed by atoms with Crippen LogP contribution in [0, 0.1) is 0 Å². The summed E-state index contributed by atoms with van der Waals surface area (Å²) in [7, 11) is 0. The zero-order chi connectivity index (χ0) is 33.6. The van der Waals surface area contributed by atoms with Crippen molar-refractivity contribution >= 4 is 11.4 Å². The van der Waals surface area contributed by atoms with Gasteiger partial charge < -0.3 is 20.8 Å². The topological polar surface area (TPSA) is 114 Å². The zero-order valence-corrected chi connectivity index (χ0v) is 30.1. The molecule has 0 aromatic heterocycles. The molecule has 0 fully saturated rings. The number of hydrogen-bond donors (Lipinski definition) is 4. The SMILES string of the molecule is CCCCCCCCCCCc1c2c(c(-c3c(O)c(O)c(CCCCCCCCCCC)c4c3=NCCN=4)c3c1=NCCN3)=NCCN2. The highest BCUT2D eigenvalue weighted by Gasteiger charge is 2.29. The van der Waals surface area contributed by atoms with Gasteiger partial charge in [0.15, 0.2) is 11.5 Å². The van der Waals surface area contributed by atoms with E-state index in [0.29, 0.717) is 43.5 Å². The van der Waals surface area contributed by atoms with E-state index in [1.54, 1.807) is 0 Å². The fraction of sp³-hybridized carbons (Fsp3) is 0.700. The minimum atomic E-state index is -0.107. The third kappa shape index (κ3) is 8.89. The van der Waals surface area contributed by atoms with E-state index < -0.39 is 0 Å². The van der Waals surface area contributed by atoms with Gasteiger partial charge in [0, 0.05) is 29.8 Å². The van der Waals surface area contributed by atoms with Gasteiger partial charge in [-0.15, -0.1) is 0 Å². The van der Waals surface area contributed by atoms with E-state index in [1.807, 2.05) is 0 Å². The third-order valence-electron chi connectivity index (χ3n) is 10.4. The normalized spacial score (nSPS) is 14.7. The van der Waals surface area contributed by atoms with E-state index in [1.165, 1.54) is 102 Å². The second-order valence-corrected chi connectivity index (χ2v) is 14.1. The molecule has 0 spiro atoms. The number of phenolic OH excluding ortho intramolecular Hbond substituents is 2. The van der Waals surface area contributed by atoms with Gasteiger partial charge in [-0.1, -0.05) is 117 Å². The van der Waals surface area contributed by atoms with Crippen LogP contribution in [-0.4, -0.2) is 49.5 Å². The van der Waals surface area contributed by atoms with Gasteiger partial charge in [-0.3, -0.25) is 20.0 Å². The molecule has 264 valence electrons. The highest BCUT2D eigenvalue weighted by molar-refractivity contribution is 5.87. The van der Waals surface area contributed by atoms with Crippen molar-refractivity contribution in [2.45, 2.75) is 142 Å². The highest BCUT2D eigenvalue weighted by atomic mass is 16.3. The van der Waals surface area contributed by atoms with E-state index in [9.17, 15) is 10.2 Å². The quantitative estimate of drug-likeness (QED) is 0.0836. The molecule has 48 heavy (non-hydrogen) atoms. The molecule has 0 radical (unpaired) electrons.